The molecule has 19 heavy (non-hydrogen) atoms. The molecule has 0 unspecified atom stereocenters. The summed E-state index contributed by atoms with van der Waals surface area (Å²) in [4.78, 5) is 4.11. The highest BCUT2D eigenvalue weighted by Gasteiger charge is 2.08. The van der Waals surface area contributed by atoms with Crippen LogP contribution in [0, 0.1) is 0 Å². The summed E-state index contributed by atoms with van der Waals surface area (Å²) in [6.07, 6.45) is 5.43. The molecule has 1 aromatic heterocycles. The second-order valence-corrected chi connectivity index (χ2v) is 4.34. The van der Waals surface area contributed by atoms with Gasteiger partial charge in [0.05, 0.1) is 6.61 Å². The van der Waals surface area contributed by atoms with E-state index in [1.165, 1.54) is 0 Å². The summed E-state index contributed by atoms with van der Waals surface area (Å²) in [5, 5.41) is 9.38. The maximum atomic E-state index is 9.01. The monoisotopic (exact) mass is 275 g/mol. The number of ether oxygens (including phenoxy) is 1. The average Bonchev–Trinajstić information content (AvgIpc) is 2.43. The van der Waals surface area contributed by atoms with Gasteiger partial charge in [-0.1, -0.05) is 42.0 Å². The van der Waals surface area contributed by atoms with Gasteiger partial charge in [0.2, 0.25) is 5.88 Å². The number of halogens is 1. The van der Waals surface area contributed by atoms with Crippen LogP contribution in [0.25, 0.3) is 6.08 Å². The first-order chi connectivity index (χ1) is 9.24. The van der Waals surface area contributed by atoms with Crippen molar-refractivity contribution in [3.05, 3.63) is 58.8 Å². The Labute approximate surface area is 117 Å². The lowest BCUT2D eigenvalue weighted by atomic mass is 10.2. The van der Waals surface area contributed by atoms with Crippen LogP contribution in [0.1, 0.15) is 18.1 Å². The minimum Gasteiger partial charge on any atom is -0.437 e. The Kier molecular flexibility index (Phi) is 4.55. The van der Waals surface area contributed by atoms with Crippen LogP contribution in [0.5, 0.6) is 11.6 Å². The van der Waals surface area contributed by atoms with E-state index in [1.807, 2.05) is 43.3 Å². The van der Waals surface area contributed by atoms with E-state index < -0.39 is 0 Å². The van der Waals surface area contributed by atoms with Crippen LogP contribution in [0.3, 0.4) is 0 Å². The topological polar surface area (TPSA) is 42.4 Å². The minimum absolute atomic E-state index is 0.0951. The van der Waals surface area contributed by atoms with Crippen LogP contribution in [0.2, 0.25) is 5.02 Å². The Morgan fingerprint density at radius 2 is 2.16 bits per heavy atom. The predicted molar refractivity (Wildman–Crippen MR) is 76.4 cm³/mol. The van der Waals surface area contributed by atoms with Crippen LogP contribution in [0.15, 0.2) is 42.6 Å². The molecule has 0 atom stereocenters. The molecule has 0 aliphatic carbocycles. The van der Waals surface area contributed by atoms with Crippen molar-refractivity contribution in [2.24, 2.45) is 0 Å². The molecule has 2 aromatic rings. The first-order valence-electron chi connectivity index (χ1n) is 5.89. The summed E-state index contributed by atoms with van der Waals surface area (Å²) in [5.74, 6) is 1.02. The minimum atomic E-state index is -0.0951. The van der Waals surface area contributed by atoms with Gasteiger partial charge in [0.25, 0.3) is 0 Å². The lowest BCUT2D eigenvalue weighted by molar-refractivity contribution is 0.281. The van der Waals surface area contributed by atoms with E-state index in [0.717, 1.165) is 5.56 Å². The van der Waals surface area contributed by atoms with E-state index in [9.17, 15) is 0 Å². The summed E-state index contributed by atoms with van der Waals surface area (Å²) >= 11 is 6.07. The summed E-state index contributed by atoms with van der Waals surface area (Å²) in [6.45, 7) is 1.85. The molecule has 4 heteroatoms. The quantitative estimate of drug-likeness (QED) is 0.915. The molecule has 0 fully saturated rings. The third-order valence-corrected chi connectivity index (χ3v) is 2.79. The first kappa shape index (κ1) is 13.6. The van der Waals surface area contributed by atoms with Crippen LogP contribution in [0.4, 0.5) is 0 Å². The second kappa shape index (κ2) is 6.36. The van der Waals surface area contributed by atoms with Gasteiger partial charge in [-0.05, 0) is 24.6 Å². The van der Waals surface area contributed by atoms with Gasteiger partial charge in [0.15, 0.2) is 0 Å². The number of pyridine rings is 1. The summed E-state index contributed by atoms with van der Waals surface area (Å²) in [5.41, 5.74) is 1.60. The van der Waals surface area contributed by atoms with Gasteiger partial charge < -0.3 is 9.84 Å². The molecule has 0 saturated carbocycles. The van der Waals surface area contributed by atoms with E-state index in [-0.39, 0.29) is 6.61 Å². The molecule has 0 aliphatic rings. The number of allylic oxidation sites excluding steroid dienone is 1. The Bertz CT molecular complexity index is 596. The zero-order valence-corrected chi connectivity index (χ0v) is 11.3. The molecule has 1 N–H and O–H groups in total. The van der Waals surface area contributed by atoms with Crippen LogP contribution in [-0.2, 0) is 6.61 Å². The molecule has 1 heterocycles. The largest absolute Gasteiger partial charge is 0.437 e. The number of benzene rings is 1. The van der Waals surface area contributed by atoms with Gasteiger partial charge in [0, 0.05) is 11.8 Å². The van der Waals surface area contributed by atoms with Crippen molar-refractivity contribution in [3.8, 4) is 11.6 Å². The normalized spacial score (nSPS) is 10.9. The van der Waals surface area contributed by atoms with E-state index in [4.69, 9.17) is 21.4 Å². The fourth-order valence-electron chi connectivity index (χ4n) is 1.62. The smallest absolute Gasteiger partial charge is 0.238 e. The fraction of sp³-hybridized carbons (Fsp3) is 0.133. The van der Waals surface area contributed by atoms with Gasteiger partial charge in [-0.25, -0.2) is 4.98 Å². The Balaban J connectivity index is 2.31. The lowest BCUT2D eigenvalue weighted by Gasteiger charge is -2.09. The number of aromatic nitrogens is 1. The highest BCUT2D eigenvalue weighted by atomic mass is 35.5. The van der Waals surface area contributed by atoms with E-state index in [2.05, 4.69) is 4.98 Å². The highest BCUT2D eigenvalue weighted by molar-refractivity contribution is 6.31. The van der Waals surface area contributed by atoms with Crippen molar-refractivity contribution < 1.29 is 9.84 Å². The molecule has 0 aliphatic heterocycles. The number of hydrogen-bond acceptors (Lipinski definition) is 3. The van der Waals surface area contributed by atoms with Crippen molar-refractivity contribution >= 4 is 17.7 Å². The van der Waals surface area contributed by atoms with Gasteiger partial charge in [-0.15, -0.1) is 0 Å². The van der Waals surface area contributed by atoms with E-state index in [1.54, 1.807) is 12.3 Å². The molecule has 98 valence electrons. The third-order valence-electron chi connectivity index (χ3n) is 2.52. The Morgan fingerprint density at radius 3 is 2.84 bits per heavy atom. The fourth-order valence-corrected chi connectivity index (χ4v) is 1.85. The molecular formula is C15H14ClNO2. The molecular weight excluding hydrogens is 262 g/mol. The summed E-state index contributed by atoms with van der Waals surface area (Å²) in [6, 6.07) is 9.27. The number of para-hydroxylation sites is 1. The van der Waals surface area contributed by atoms with Gasteiger partial charge in [-0.3, -0.25) is 0 Å². The van der Waals surface area contributed by atoms with Crippen molar-refractivity contribution in [3.63, 3.8) is 0 Å². The number of aliphatic hydroxyl groups is 1. The van der Waals surface area contributed by atoms with Gasteiger partial charge in [0.1, 0.15) is 10.8 Å². The van der Waals surface area contributed by atoms with Crippen molar-refractivity contribution in [2.45, 2.75) is 13.5 Å². The molecule has 0 radical (unpaired) electrons. The van der Waals surface area contributed by atoms with Crippen LogP contribution >= 0.6 is 11.6 Å². The third kappa shape index (κ3) is 3.34. The van der Waals surface area contributed by atoms with Gasteiger partial charge in [-0.2, -0.15) is 0 Å². The average molecular weight is 276 g/mol. The molecule has 0 bridgehead atoms. The SMILES string of the molecule is C/C=C/c1ccccc1Oc1ncc(CO)cc1Cl. The van der Waals surface area contributed by atoms with Crippen LogP contribution < -0.4 is 4.74 Å². The molecule has 0 spiro atoms. The summed E-state index contributed by atoms with van der Waals surface area (Å²) < 4.78 is 5.72. The Morgan fingerprint density at radius 1 is 1.37 bits per heavy atom. The van der Waals surface area contributed by atoms with Gasteiger partial charge >= 0.3 is 0 Å². The standard InChI is InChI=1S/C15H14ClNO2/c1-2-5-12-6-3-4-7-14(12)19-15-13(16)8-11(10-18)9-17-15/h2-9,18H,10H2,1H3/b5-2+. The predicted octanol–water partition coefficient (Wildman–Crippen LogP) is 4.05. The number of rotatable bonds is 4. The van der Waals surface area contributed by atoms with Crippen molar-refractivity contribution in [1.82, 2.24) is 4.98 Å². The number of hydrogen-bond donors (Lipinski definition) is 1. The zero-order valence-electron chi connectivity index (χ0n) is 10.5. The maximum Gasteiger partial charge on any atom is 0.238 e. The van der Waals surface area contributed by atoms with E-state index in [0.29, 0.717) is 22.2 Å². The molecule has 2 rings (SSSR count). The van der Waals surface area contributed by atoms with E-state index >= 15 is 0 Å². The zero-order chi connectivity index (χ0) is 13.7. The summed E-state index contributed by atoms with van der Waals surface area (Å²) in [7, 11) is 0. The second-order valence-electron chi connectivity index (χ2n) is 3.93. The van der Waals surface area contributed by atoms with Crippen molar-refractivity contribution in [2.75, 3.05) is 0 Å². The number of nitrogens with zero attached hydrogens (tertiary/aromatic N) is 1. The van der Waals surface area contributed by atoms with Crippen LogP contribution in [-0.4, -0.2) is 10.1 Å². The number of aliphatic hydroxyl groups excluding tert-OH is 1. The maximum absolute atomic E-state index is 9.01. The molecule has 0 amide bonds. The Hall–Kier alpha value is -1.84. The first-order valence-corrected chi connectivity index (χ1v) is 6.27. The van der Waals surface area contributed by atoms with Crippen molar-refractivity contribution in [1.29, 1.82) is 0 Å². The molecule has 1 aromatic carbocycles. The molecule has 0 saturated heterocycles. The lowest BCUT2D eigenvalue weighted by Crippen LogP contribution is -1.93. The molecule has 3 nitrogen and oxygen atoms in total. The highest BCUT2D eigenvalue weighted by Crippen LogP contribution is 2.30.